The van der Waals surface area contributed by atoms with Crippen molar-refractivity contribution >= 4 is 27.6 Å². The van der Waals surface area contributed by atoms with Gasteiger partial charge in [-0.05, 0) is 36.6 Å². The molecule has 4 heteroatoms. The summed E-state index contributed by atoms with van der Waals surface area (Å²) in [6, 6.07) is 5.49. The predicted octanol–water partition coefficient (Wildman–Crippen LogP) is 4.05. The van der Waals surface area contributed by atoms with Gasteiger partial charge in [-0.3, -0.25) is 0 Å². The molecule has 17 heavy (non-hydrogen) atoms. The van der Waals surface area contributed by atoms with Gasteiger partial charge in [0.15, 0.2) is 0 Å². The number of hydrogen-bond acceptors (Lipinski definition) is 1. The lowest BCUT2D eigenvalue weighted by Gasteiger charge is -2.08. The van der Waals surface area contributed by atoms with Gasteiger partial charge in [0.1, 0.15) is 0 Å². The molecule has 0 saturated carbocycles. The molecular formula is C13H17BrN2O. The second-order valence-electron chi connectivity index (χ2n) is 4.16. The summed E-state index contributed by atoms with van der Waals surface area (Å²) in [5.74, 6) is 0.421. The van der Waals surface area contributed by atoms with Gasteiger partial charge in [-0.25, -0.2) is 4.79 Å². The molecule has 0 unspecified atom stereocenters. The molecular weight excluding hydrogens is 280 g/mol. The average Bonchev–Trinajstić information content (AvgIpc) is 2.21. The maximum absolute atomic E-state index is 11.5. The van der Waals surface area contributed by atoms with Crippen LogP contribution in [0.15, 0.2) is 34.9 Å². The van der Waals surface area contributed by atoms with Crippen LogP contribution in [0, 0.1) is 12.8 Å². The number of nitrogens with one attached hydrogen (secondary N) is 2. The molecule has 0 radical (unpaired) electrons. The number of aryl methyl sites for hydroxylation is 1. The van der Waals surface area contributed by atoms with E-state index in [1.807, 2.05) is 31.2 Å². The number of halogens is 1. The van der Waals surface area contributed by atoms with E-state index in [4.69, 9.17) is 0 Å². The number of hydrogen-bond donors (Lipinski definition) is 2. The summed E-state index contributed by atoms with van der Waals surface area (Å²) in [5, 5.41) is 5.45. The Kier molecular flexibility index (Phi) is 5.22. The van der Waals surface area contributed by atoms with Crippen molar-refractivity contribution in [1.82, 2.24) is 5.32 Å². The number of amides is 2. The van der Waals surface area contributed by atoms with E-state index in [-0.39, 0.29) is 6.03 Å². The molecule has 0 heterocycles. The summed E-state index contributed by atoms with van der Waals surface area (Å²) in [6.45, 7) is 6.05. The van der Waals surface area contributed by atoms with Gasteiger partial charge in [0, 0.05) is 16.4 Å². The highest BCUT2D eigenvalue weighted by Gasteiger charge is 2.02. The van der Waals surface area contributed by atoms with Crippen molar-refractivity contribution in [2.75, 3.05) is 5.32 Å². The number of benzene rings is 1. The molecule has 0 fully saturated rings. The molecule has 0 spiro atoms. The molecule has 0 aromatic heterocycles. The number of carbonyl (C=O) groups is 1. The molecule has 1 rings (SSSR count). The zero-order chi connectivity index (χ0) is 12.8. The summed E-state index contributed by atoms with van der Waals surface area (Å²) >= 11 is 3.38. The predicted molar refractivity (Wildman–Crippen MR) is 75.0 cm³/mol. The zero-order valence-corrected chi connectivity index (χ0v) is 11.8. The summed E-state index contributed by atoms with van der Waals surface area (Å²) in [5.41, 5.74) is 1.83. The second kappa shape index (κ2) is 6.45. The summed E-state index contributed by atoms with van der Waals surface area (Å²) in [7, 11) is 0. The van der Waals surface area contributed by atoms with Gasteiger partial charge in [-0.1, -0.05) is 35.9 Å². The molecule has 2 N–H and O–H groups in total. The highest BCUT2D eigenvalue weighted by Crippen LogP contribution is 2.19. The van der Waals surface area contributed by atoms with Crippen LogP contribution in [0.3, 0.4) is 0 Å². The van der Waals surface area contributed by atoms with Crippen molar-refractivity contribution in [2.45, 2.75) is 20.8 Å². The van der Waals surface area contributed by atoms with Crippen LogP contribution >= 0.6 is 15.9 Å². The zero-order valence-electron chi connectivity index (χ0n) is 10.3. The lowest BCUT2D eigenvalue weighted by molar-refractivity contribution is 0.255. The first-order valence-corrected chi connectivity index (χ1v) is 6.28. The van der Waals surface area contributed by atoms with Gasteiger partial charge >= 0.3 is 6.03 Å². The number of allylic oxidation sites excluding steroid dienone is 1. The van der Waals surface area contributed by atoms with Gasteiger partial charge in [-0.15, -0.1) is 0 Å². The first-order chi connectivity index (χ1) is 7.99. The van der Waals surface area contributed by atoms with E-state index in [0.29, 0.717) is 5.92 Å². The number of anilines is 1. The fraction of sp³-hybridized carbons (Fsp3) is 0.308. The van der Waals surface area contributed by atoms with Gasteiger partial charge in [0.25, 0.3) is 0 Å². The minimum absolute atomic E-state index is 0.229. The molecule has 0 saturated heterocycles. The maximum atomic E-state index is 11.5. The van der Waals surface area contributed by atoms with Gasteiger partial charge in [-0.2, -0.15) is 0 Å². The molecule has 0 aliphatic rings. The third-order valence-electron chi connectivity index (χ3n) is 2.13. The molecule has 3 nitrogen and oxygen atoms in total. The van der Waals surface area contributed by atoms with E-state index in [1.165, 1.54) is 0 Å². The van der Waals surface area contributed by atoms with Gasteiger partial charge < -0.3 is 10.6 Å². The Morgan fingerprint density at radius 3 is 2.71 bits per heavy atom. The normalized spacial score (nSPS) is 10.9. The van der Waals surface area contributed by atoms with Crippen molar-refractivity contribution < 1.29 is 4.79 Å². The quantitative estimate of drug-likeness (QED) is 0.868. The summed E-state index contributed by atoms with van der Waals surface area (Å²) in [4.78, 5) is 11.5. The van der Waals surface area contributed by atoms with E-state index < -0.39 is 0 Å². The first-order valence-electron chi connectivity index (χ1n) is 5.49. The van der Waals surface area contributed by atoms with Gasteiger partial charge in [0.05, 0.1) is 0 Å². The molecule has 0 atom stereocenters. The molecule has 0 aliphatic carbocycles. The van der Waals surface area contributed by atoms with Crippen LogP contribution < -0.4 is 10.6 Å². The Hall–Kier alpha value is -1.29. The van der Waals surface area contributed by atoms with Crippen LogP contribution in [0.5, 0.6) is 0 Å². The minimum atomic E-state index is -0.229. The van der Waals surface area contributed by atoms with Crippen LogP contribution in [0.2, 0.25) is 0 Å². The largest absolute Gasteiger partial charge is 0.323 e. The van der Waals surface area contributed by atoms with Crippen molar-refractivity contribution in [3.63, 3.8) is 0 Å². The van der Waals surface area contributed by atoms with Crippen LogP contribution in [-0.2, 0) is 0 Å². The second-order valence-corrected chi connectivity index (χ2v) is 5.08. The SMILES string of the molecule is Cc1cc(Br)ccc1NC(=O)N/C=C/C(C)C. The number of carbonyl (C=O) groups excluding carboxylic acids is 1. The Balaban J connectivity index is 2.56. The molecule has 0 aliphatic heterocycles. The highest BCUT2D eigenvalue weighted by atomic mass is 79.9. The monoisotopic (exact) mass is 296 g/mol. The Morgan fingerprint density at radius 2 is 2.12 bits per heavy atom. The molecule has 2 amide bonds. The fourth-order valence-corrected chi connectivity index (χ4v) is 1.72. The minimum Gasteiger partial charge on any atom is -0.315 e. The van der Waals surface area contributed by atoms with E-state index in [9.17, 15) is 4.79 Å². The number of rotatable bonds is 3. The maximum Gasteiger partial charge on any atom is 0.323 e. The molecule has 92 valence electrons. The Labute approximate surface area is 110 Å². The topological polar surface area (TPSA) is 41.1 Å². The lowest BCUT2D eigenvalue weighted by atomic mass is 10.2. The number of urea groups is 1. The Bertz CT molecular complexity index is 427. The molecule has 1 aromatic rings. The summed E-state index contributed by atoms with van der Waals surface area (Å²) in [6.07, 6.45) is 3.59. The molecule has 0 bridgehead atoms. The lowest BCUT2D eigenvalue weighted by Crippen LogP contribution is -2.24. The van der Waals surface area contributed by atoms with Crippen LogP contribution in [0.4, 0.5) is 10.5 Å². The van der Waals surface area contributed by atoms with Crippen molar-refractivity contribution in [3.05, 3.63) is 40.5 Å². The van der Waals surface area contributed by atoms with Crippen molar-refractivity contribution in [1.29, 1.82) is 0 Å². The first kappa shape index (κ1) is 13.8. The smallest absolute Gasteiger partial charge is 0.315 e. The highest BCUT2D eigenvalue weighted by molar-refractivity contribution is 9.10. The average molecular weight is 297 g/mol. The standard InChI is InChI=1S/C13H17BrN2O/c1-9(2)6-7-15-13(17)16-12-5-4-11(14)8-10(12)3/h4-9H,1-3H3,(H2,15,16,17)/b7-6+. The Morgan fingerprint density at radius 1 is 1.41 bits per heavy atom. The van der Waals surface area contributed by atoms with Crippen LogP contribution in [0.1, 0.15) is 19.4 Å². The third kappa shape index (κ3) is 5.04. The fourth-order valence-electron chi connectivity index (χ4n) is 1.24. The van der Waals surface area contributed by atoms with E-state index in [1.54, 1.807) is 6.20 Å². The van der Waals surface area contributed by atoms with Crippen molar-refractivity contribution in [2.24, 2.45) is 5.92 Å². The van der Waals surface area contributed by atoms with E-state index >= 15 is 0 Å². The van der Waals surface area contributed by atoms with Crippen LogP contribution in [-0.4, -0.2) is 6.03 Å². The van der Waals surface area contributed by atoms with Crippen molar-refractivity contribution in [3.8, 4) is 0 Å². The van der Waals surface area contributed by atoms with Crippen LogP contribution in [0.25, 0.3) is 0 Å². The van der Waals surface area contributed by atoms with E-state index in [0.717, 1.165) is 15.7 Å². The molecule has 1 aromatic carbocycles. The summed E-state index contributed by atoms with van der Waals surface area (Å²) < 4.78 is 1.00. The van der Waals surface area contributed by atoms with Gasteiger partial charge in [0.2, 0.25) is 0 Å². The van der Waals surface area contributed by atoms with E-state index in [2.05, 4.69) is 40.4 Å². The third-order valence-corrected chi connectivity index (χ3v) is 2.63.